The van der Waals surface area contributed by atoms with Gasteiger partial charge in [-0.1, -0.05) is 13.3 Å². The maximum Gasteiger partial charge on any atom is 0.240 e. The molecule has 0 fully saturated rings. The summed E-state index contributed by atoms with van der Waals surface area (Å²) in [6.07, 6.45) is 2.36. The second kappa shape index (κ2) is 6.46. The van der Waals surface area contributed by atoms with E-state index in [1.165, 1.54) is 11.9 Å². The molecule has 0 saturated carbocycles. The second-order valence-electron chi connectivity index (χ2n) is 2.91. The first-order valence-corrected chi connectivity index (χ1v) is 4.69. The molecule has 4 heteroatoms. The number of unbranched alkanes of at least 4 members (excludes halogenated alkanes) is 1. The van der Waals surface area contributed by atoms with Crippen LogP contribution in [0, 0.1) is 0 Å². The smallest absolute Gasteiger partial charge is 0.240 e. The Kier molecular flexibility index (Phi) is 5.93. The van der Waals surface area contributed by atoms with Crippen molar-refractivity contribution in [3.63, 3.8) is 0 Å². The third-order valence-corrected chi connectivity index (χ3v) is 1.65. The Morgan fingerprint density at radius 3 is 2.31 bits per heavy atom. The number of nitrogens with zero attached hydrogens (tertiary/aromatic N) is 1. The molecule has 4 nitrogen and oxygen atoms in total. The highest BCUT2D eigenvalue weighted by Crippen LogP contribution is 1.98. The number of hydrazine groups is 1. The van der Waals surface area contributed by atoms with Gasteiger partial charge >= 0.3 is 0 Å². The van der Waals surface area contributed by atoms with Gasteiger partial charge in [0.15, 0.2) is 0 Å². The van der Waals surface area contributed by atoms with E-state index in [4.69, 9.17) is 0 Å². The van der Waals surface area contributed by atoms with E-state index >= 15 is 0 Å². The second-order valence-corrected chi connectivity index (χ2v) is 2.91. The fraction of sp³-hybridized carbons (Fsp3) is 0.778. The molecule has 0 aliphatic carbocycles. The molecule has 0 aliphatic rings. The molecule has 2 amide bonds. The minimum Gasteiger partial charge on any atom is -0.274 e. The molecule has 0 radical (unpaired) electrons. The van der Waals surface area contributed by atoms with Gasteiger partial charge < -0.3 is 0 Å². The Hall–Kier alpha value is -1.06. The molecule has 0 aromatic heterocycles. The molecule has 0 aromatic carbocycles. The summed E-state index contributed by atoms with van der Waals surface area (Å²) in [5, 5.41) is 1.36. The number of rotatable bonds is 4. The van der Waals surface area contributed by atoms with Gasteiger partial charge in [-0.15, -0.1) is 0 Å². The molecule has 0 aliphatic heterocycles. The van der Waals surface area contributed by atoms with Crippen molar-refractivity contribution >= 4 is 11.8 Å². The maximum absolute atomic E-state index is 11.4. The van der Waals surface area contributed by atoms with E-state index in [1.807, 2.05) is 13.8 Å². The molecule has 0 unspecified atom stereocenters. The zero-order valence-electron chi connectivity index (χ0n) is 8.59. The van der Waals surface area contributed by atoms with E-state index in [0.29, 0.717) is 13.0 Å². The molecule has 0 aromatic rings. The number of carbonyl (C=O) groups excluding carboxylic acids is 2. The Bertz CT molecular complexity index is 180. The standard InChI is InChI=1S/C9H18N2O2/c1-4-6-7-9(13)11(5-2)10-8(3)12/h4-7H2,1-3H3,(H,10,12). The van der Waals surface area contributed by atoms with Crippen LogP contribution in [0.4, 0.5) is 0 Å². The van der Waals surface area contributed by atoms with E-state index < -0.39 is 0 Å². The SMILES string of the molecule is CCCCC(=O)N(CC)NC(C)=O. The van der Waals surface area contributed by atoms with Crippen LogP contribution in [0.2, 0.25) is 0 Å². The summed E-state index contributed by atoms with van der Waals surface area (Å²) in [5.41, 5.74) is 2.48. The van der Waals surface area contributed by atoms with Gasteiger partial charge in [0.05, 0.1) is 0 Å². The third kappa shape index (κ3) is 5.22. The zero-order valence-corrected chi connectivity index (χ0v) is 8.59. The highest BCUT2D eigenvalue weighted by atomic mass is 16.2. The average molecular weight is 186 g/mol. The van der Waals surface area contributed by atoms with Crippen LogP contribution < -0.4 is 5.43 Å². The van der Waals surface area contributed by atoms with Crippen molar-refractivity contribution in [3.05, 3.63) is 0 Å². The van der Waals surface area contributed by atoms with Crippen molar-refractivity contribution in [2.75, 3.05) is 6.54 Å². The summed E-state index contributed by atoms with van der Waals surface area (Å²) in [5.74, 6) is -0.216. The van der Waals surface area contributed by atoms with E-state index in [0.717, 1.165) is 12.8 Å². The lowest BCUT2D eigenvalue weighted by Gasteiger charge is -2.20. The minimum absolute atomic E-state index is 0.0143. The normalized spacial score (nSPS) is 9.46. The Balaban J connectivity index is 3.92. The van der Waals surface area contributed by atoms with Crippen molar-refractivity contribution in [1.29, 1.82) is 0 Å². The van der Waals surface area contributed by atoms with Crippen LogP contribution in [-0.4, -0.2) is 23.4 Å². The molecule has 0 saturated heterocycles. The van der Waals surface area contributed by atoms with Crippen LogP contribution in [-0.2, 0) is 9.59 Å². The van der Waals surface area contributed by atoms with Crippen molar-refractivity contribution in [2.45, 2.75) is 40.0 Å². The molecular weight excluding hydrogens is 168 g/mol. The zero-order chi connectivity index (χ0) is 10.3. The lowest BCUT2D eigenvalue weighted by Crippen LogP contribution is -2.44. The first-order chi connectivity index (χ1) is 6.11. The van der Waals surface area contributed by atoms with Crippen LogP contribution in [0.5, 0.6) is 0 Å². The monoisotopic (exact) mass is 186 g/mol. The predicted octanol–water partition coefficient (Wildman–Crippen LogP) is 1.08. The van der Waals surface area contributed by atoms with E-state index in [2.05, 4.69) is 5.43 Å². The quantitative estimate of drug-likeness (QED) is 0.668. The Morgan fingerprint density at radius 2 is 1.92 bits per heavy atom. The lowest BCUT2D eigenvalue weighted by atomic mass is 10.2. The first-order valence-electron chi connectivity index (χ1n) is 4.69. The van der Waals surface area contributed by atoms with Gasteiger partial charge in [-0.05, 0) is 13.3 Å². The Labute approximate surface area is 79.3 Å². The van der Waals surface area contributed by atoms with Crippen molar-refractivity contribution in [2.24, 2.45) is 0 Å². The molecule has 0 rings (SSSR count). The average Bonchev–Trinajstić information content (AvgIpc) is 2.09. The summed E-state index contributed by atoms with van der Waals surface area (Å²) in [6, 6.07) is 0. The van der Waals surface area contributed by atoms with Crippen LogP contribution in [0.25, 0.3) is 0 Å². The van der Waals surface area contributed by atoms with Crippen LogP contribution in [0.1, 0.15) is 40.0 Å². The van der Waals surface area contributed by atoms with Crippen molar-refractivity contribution in [3.8, 4) is 0 Å². The van der Waals surface area contributed by atoms with E-state index in [1.54, 1.807) is 0 Å². The summed E-state index contributed by atoms with van der Waals surface area (Å²) in [6.45, 7) is 5.78. The molecule has 0 bridgehead atoms. The number of hydrogen-bond acceptors (Lipinski definition) is 2. The number of carbonyl (C=O) groups is 2. The lowest BCUT2D eigenvalue weighted by molar-refractivity contribution is -0.140. The molecule has 0 spiro atoms. The summed E-state index contributed by atoms with van der Waals surface area (Å²) >= 11 is 0. The van der Waals surface area contributed by atoms with Crippen LogP contribution in [0.3, 0.4) is 0 Å². The number of amides is 2. The fourth-order valence-electron chi connectivity index (χ4n) is 0.971. The summed E-state index contributed by atoms with van der Waals surface area (Å²) in [7, 11) is 0. The van der Waals surface area contributed by atoms with E-state index in [9.17, 15) is 9.59 Å². The van der Waals surface area contributed by atoms with E-state index in [-0.39, 0.29) is 11.8 Å². The fourth-order valence-corrected chi connectivity index (χ4v) is 0.971. The van der Waals surface area contributed by atoms with Gasteiger partial charge in [0.25, 0.3) is 0 Å². The van der Waals surface area contributed by atoms with Gasteiger partial charge in [-0.25, -0.2) is 0 Å². The molecule has 13 heavy (non-hydrogen) atoms. The highest BCUT2D eigenvalue weighted by molar-refractivity contribution is 5.80. The molecular formula is C9H18N2O2. The van der Waals surface area contributed by atoms with Crippen molar-refractivity contribution in [1.82, 2.24) is 10.4 Å². The molecule has 0 heterocycles. The van der Waals surface area contributed by atoms with Gasteiger partial charge in [-0.3, -0.25) is 20.0 Å². The number of hydrogen-bond donors (Lipinski definition) is 1. The minimum atomic E-state index is -0.202. The Morgan fingerprint density at radius 1 is 1.31 bits per heavy atom. The first kappa shape index (κ1) is 11.9. The molecule has 76 valence electrons. The van der Waals surface area contributed by atoms with Gasteiger partial charge in [0.1, 0.15) is 0 Å². The van der Waals surface area contributed by atoms with Crippen LogP contribution in [0.15, 0.2) is 0 Å². The van der Waals surface area contributed by atoms with Gasteiger partial charge in [-0.2, -0.15) is 0 Å². The van der Waals surface area contributed by atoms with Crippen LogP contribution >= 0.6 is 0 Å². The summed E-state index contributed by atoms with van der Waals surface area (Å²) < 4.78 is 0. The third-order valence-electron chi connectivity index (χ3n) is 1.65. The highest BCUT2D eigenvalue weighted by Gasteiger charge is 2.10. The largest absolute Gasteiger partial charge is 0.274 e. The van der Waals surface area contributed by atoms with Crippen molar-refractivity contribution < 1.29 is 9.59 Å². The summed E-state index contributed by atoms with van der Waals surface area (Å²) in [4.78, 5) is 22.1. The molecule has 1 N–H and O–H groups in total. The van der Waals surface area contributed by atoms with Gasteiger partial charge in [0, 0.05) is 19.9 Å². The topological polar surface area (TPSA) is 49.4 Å². The predicted molar refractivity (Wildman–Crippen MR) is 50.7 cm³/mol. The molecule has 0 atom stereocenters. The number of nitrogens with one attached hydrogen (secondary N) is 1. The van der Waals surface area contributed by atoms with Gasteiger partial charge in [0.2, 0.25) is 11.8 Å². The maximum atomic E-state index is 11.4.